The molecule has 0 bridgehead atoms. The van der Waals surface area contributed by atoms with Crippen LogP contribution in [0.3, 0.4) is 0 Å². The van der Waals surface area contributed by atoms with E-state index in [2.05, 4.69) is 15.3 Å². The molecule has 1 unspecified atom stereocenters. The summed E-state index contributed by atoms with van der Waals surface area (Å²) in [5.41, 5.74) is 3.36. The molecule has 0 aliphatic carbocycles. The number of nitrogens with one attached hydrogen (secondary N) is 2. The molecule has 3 aliphatic rings. The number of fused-ring (bicyclic) bond motifs is 1. The van der Waals surface area contributed by atoms with E-state index in [0.717, 1.165) is 16.7 Å². The molecule has 1 atom stereocenters. The predicted molar refractivity (Wildman–Crippen MR) is 94.9 cm³/mol. The summed E-state index contributed by atoms with van der Waals surface area (Å²) in [5, 5.41) is 4.33. The van der Waals surface area contributed by atoms with Crippen LogP contribution in [0, 0.1) is 0 Å². The van der Waals surface area contributed by atoms with E-state index in [1.807, 2.05) is 18.2 Å². The van der Waals surface area contributed by atoms with E-state index in [-0.39, 0.29) is 24.1 Å². The van der Waals surface area contributed by atoms with Gasteiger partial charge in [0.05, 0.1) is 30.4 Å². The Balaban J connectivity index is 1.41. The monoisotopic (exact) mass is 361 g/mol. The van der Waals surface area contributed by atoms with Crippen molar-refractivity contribution < 1.29 is 11.0 Å². The van der Waals surface area contributed by atoms with Gasteiger partial charge in [0.1, 0.15) is 12.9 Å². The summed E-state index contributed by atoms with van der Waals surface area (Å²) in [7, 11) is 0. The highest BCUT2D eigenvalue weighted by molar-refractivity contribution is 6.10. The first kappa shape index (κ1) is 14.6. The molecule has 0 fully saturated rings. The van der Waals surface area contributed by atoms with Gasteiger partial charge in [0.25, 0.3) is 11.8 Å². The Bertz CT molecular complexity index is 1020. The molecule has 134 valence electrons. The normalized spacial score (nSPS) is 22.4. The van der Waals surface area contributed by atoms with E-state index < -0.39 is 6.04 Å². The lowest BCUT2D eigenvalue weighted by atomic mass is 10.1. The minimum Gasteiger partial charge on any atom is -0.336 e. The first-order valence-corrected chi connectivity index (χ1v) is 8.57. The Morgan fingerprint density at radius 3 is 2.78 bits per heavy atom. The zero-order valence-corrected chi connectivity index (χ0v) is 14.2. The molecular weight excluding hydrogens is 344 g/mol. The average Bonchev–Trinajstić information content (AvgIpc) is 3.22. The van der Waals surface area contributed by atoms with Crippen LogP contribution in [0.4, 0.5) is 0 Å². The second-order valence-corrected chi connectivity index (χ2v) is 6.47. The van der Waals surface area contributed by atoms with Gasteiger partial charge in [-0.3, -0.25) is 19.6 Å². The third kappa shape index (κ3) is 2.58. The molecule has 3 aliphatic heterocycles. The lowest BCUT2D eigenvalue weighted by Gasteiger charge is -2.27. The summed E-state index contributed by atoms with van der Waals surface area (Å²) in [6, 6.07) is 8.67. The molecule has 5 rings (SSSR count). The van der Waals surface area contributed by atoms with Gasteiger partial charge in [0.2, 0.25) is 0 Å². The number of hydrazine groups is 1. The van der Waals surface area contributed by atoms with E-state index in [9.17, 15) is 9.59 Å². The molecule has 0 saturated carbocycles. The largest absolute Gasteiger partial charge is 0.336 e. The van der Waals surface area contributed by atoms with Crippen LogP contribution in [0.25, 0.3) is 0 Å². The fourth-order valence-electron chi connectivity index (χ4n) is 3.42. The van der Waals surface area contributed by atoms with Gasteiger partial charge >= 0.3 is 0 Å². The van der Waals surface area contributed by atoms with Gasteiger partial charge in [-0.2, -0.15) is 0 Å². The number of carbonyl (C=O) groups is 2. The number of carbonyl (C=O) groups excluding carboxylic acids is 2. The number of hydrogen-bond donors (Lipinski definition) is 2. The summed E-state index contributed by atoms with van der Waals surface area (Å²) in [5.74, 6) is -0.171. The van der Waals surface area contributed by atoms with Gasteiger partial charge in [0, 0.05) is 18.6 Å². The number of aromatic nitrogens is 2. The van der Waals surface area contributed by atoms with Gasteiger partial charge < -0.3 is 10.2 Å². The van der Waals surface area contributed by atoms with Crippen molar-refractivity contribution in [3.05, 3.63) is 83.3 Å². The fraction of sp³-hybridized carbons (Fsp3) is 0.158. The zero-order chi connectivity index (χ0) is 19.3. The van der Waals surface area contributed by atoms with Crippen molar-refractivity contribution in [2.45, 2.75) is 12.6 Å². The van der Waals surface area contributed by atoms with Crippen LogP contribution in [-0.4, -0.2) is 38.2 Å². The van der Waals surface area contributed by atoms with Crippen LogP contribution in [0.1, 0.15) is 17.3 Å². The number of nitrogens with zero attached hydrogens (tertiary/aromatic N) is 4. The van der Waals surface area contributed by atoms with Gasteiger partial charge in [-0.25, -0.2) is 10.4 Å². The standard InChI is InChI=1S/C19H16N6O2/c26-18-14-11-24(10-13-3-1-2-6-21-13)19(27)17(14)22-16-9-15(23-25(16)18)12-4-7-20-8-5-12/h1-9,15,22-23H,10-11H2/i/hD. The minimum absolute atomic E-state index is 0.189. The molecule has 2 amide bonds. The van der Waals surface area contributed by atoms with Gasteiger partial charge in [-0.05, 0) is 35.9 Å². The lowest BCUT2D eigenvalue weighted by molar-refractivity contribution is -0.129. The molecule has 8 nitrogen and oxygen atoms in total. The van der Waals surface area contributed by atoms with Gasteiger partial charge in [-0.15, -0.1) is 0 Å². The van der Waals surface area contributed by atoms with Crippen LogP contribution in [0.15, 0.2) is 72.1 Å². The maximum atomic E-state index is 13.0. The van der Waals surface area contributed by atoms with E-state index in [1.165, 1.54) is 5.01 Å². The minimum atomic E-state index is -0.436. The first-order chi connectivity index (χ1) is 13.6. The molecule has 0 aromatic carbocycles. The molecule has 0 radical (unpaired) electrons. The number of amides is 2. The Labute approximate surface area is 156 Å². The molecule has 0 spiro atoms. The molecule has 8 heteroatoms. The van der Waals surface area contributed by atoms with Crippen molar-refractivity contribution in [2.24, 2.45) is 0 Å². The van der Waals surface area contributed by atoms with Crippen LogP contribution >= 0.6 is 0 Å². The van der Waals surface area contributed by atoms with Crippen LogP contribution in [0.5, 0.6) is 0 Å². The van der Waals surface area contributed by atoms with E-state index in [0.29, 0.717) is 17.9 Å². The smallest absolute Gasteiger partial charge is 0.274 e. The molecule has 5 heterocycles. The zero-order valence-electron chi connectivity index (χ0n) is 15.2. The second-order valence-electron chi connectivity index (χ2n) is 6.47. The number of hydrogen-bond acceptors (Lipinski definition) is 6. The summed E-state index contributed by atoms with van der Waals surface area (Å²) in [6.07, 6.45) is 6.72. The Morgan fingerprint density at radius 1 is 1.15 bits per heavy atom. The van der Waals surface area contributed by atoms with Crippen LogP contribution in [-0.2, 0) is 16.1 Å². The first-order valence-electron chi connectivity index (χ1n) is 9.02. The number of pyridine rings is 2. The fourth-order valence-corrected chi connectivity index (χ4v) is 3.42. The van der Waals surface area contributed by atoms with Crippen molar-refractivity contribution >= 4 is 11.8 Å². The predicted octanol–water partition coefficient (Wildman–Crippen LogP) is 0.606. The average molecular weight is 361 g/mol. The Morgan fingerprint density at radius 2 is 2.00 bits per heavy atom. The topological polar surface area (TPSA) is 90.5 Å². The van der Waals surface area contributed by atoms with E-state index in [1.54, 1.807) is 41.7 Å². The SMILES string of the molecule is [2H]N1C(c2ccncc2)C=C2NC3=C(CN(Cc4ccccn4)C3=O)C(=O)N21. The third-order valence-electron chi connectivity index (χ3n) is 4.77. The lowest BCUT2D eigenvalue weighted by Crippen LogP contribution is -2.47. The quantitative estimate of drug-likeness (QED) is 0.832. The summed E-state index contributed by atoms with van der Waals surface area (Å²) in [6.45, 7) is 0.513. The highest BCUT2D eigenvalue weighted by Gasteiger charge is 2.43. The van der Waals surface area contributed by atoms with Gasteiger partial charge in [0.15, 0.2) is 0 Å². The van der Waals surface area contributed by atoms with E-state index in [4.69, 9.17) is 1.41 Å². The van der Waals surface area contributed by atoms with Gasteiger partial charge in [-0.1, -0.05) is 6.07 Å². The van der Waals surface area contributed by atoms with E-state index >= 15 is 0 Å². The third-order valence-corrected chi connectivity index (χ3v) is 4.77. The summed E-state index contributed by atoms with van der Waals surface area (Å²) < 4.78 is 8.41. The van der Waals surface area contributed by atoms with Crippen molar-refractivity contribution in [1.29, 1.82) is 0 Å². The van der Waals surface area contributed by atoms with Crippen molar-refractivity contribution in [2.75, 3.05) is 6.54 Å². The molecule has 0 saturated heterocycles. The molecule has 2 aromatic heterocycles. The second kappa shape index (κ2) is 6.03. The van der Waals surface area contributed by atoms with Crippen LogP contribution < -0.4 is 10.7 Å². The summed E-state index contributed by atoms with van der Waals surface area (Å²) >= 11 is 0. The maximum Gasteiger partial charge on any atom is 0.274 e. The van der Waals surface area contributed by atoms with Crippen molar-refractivity contribution in [3.8, 4) is 0 Å². The molecule has 2 aromatic rings. The maximum absolute atomic E-state index is 13.0. The molecule has 2 N–H and O–H groups in total. The number of rotatable bonds is 3. The molecular formula is C19H16N6O2. The Kier molecular flexibility index (Phi) is 3.27. The highest BCUT2D eigenvalue weighted by Crippen LogP contribution is 2.31. The Hall–Kier alpha value is -3.52. The van der Waals surface area contributed by atoms with Crippen molar-refractivity contribution in [3.63, 3.8) is 0 Å². The highest BCUT2D eigenvalue weighted by atomic mass is 16.2. The van der Waals surface area contributed by atoms with Crippen LogP contribution in [0.2, 0.25) is 1.41 Å². The van der Waals surface area contributed by atoms with Crippen molar-refractivity contribution in [1.82, 2.24) is 30.6 Å². The molecule has 27 heavy (non-hydrogen) atoms. The summed E-state index contributed by atoms with van der Waals surface area (Å²) in [4.78, 5) is 35.7.